The number of halogens is 3. The third-order valence-corrected chi connectivity index (χ3v) is 7.68. The highest BCUT2D eigenvalue weighted by Gasteiger charge is 2.59. The minimum atomic E-state index is -5.52. The van der Waals surface area contributed by atoms with Crippen molar-refractivity contribution < 1.29 is 26.7 Å². The van der Waals surface area contributed by atoms with Crippen LogP contribution in [0.1, 0.15) is 34.2 Å². The van der Waals surface area contributed by atoms with Crippen LogP contribution < -0.4 is 0 Å². The number of rotatable bonds is 4. The summed E-state index contributed by atoms with van der Waals surface area (Å²) in [6, 6.07) is 20.7. The summed E-state index contributed by atoms with van der Waals surface area (Å²) in [7, 11) is -5.52. The van der Waals surface area contributed by atoms with E-state index in [4.69, 9.17) is 0 Å². The number of hydrogen-bond acceptors (Lipinski definition) is 3. The second-order valence-corrected chi connectivity index (χ2v) is 9.98. The summed E-state index contributed by atoms with van der Waals surface area (Å²) in [6.45, 7) is 3.42. The molecule has 32 heavy (non-hydrogen) atoms. The molecule has 0 saturated carbocycles. The van der Waals surface area contributed by atoms with Crippen molar-refractivity contribution in [3.8, 4) is 5.75 Å². The fraction of sp³-hybridized carbons (Fsp3) is 0.200. The first kappa shape index (κ1) is 22.1. The fourth-order valence-corrected chi connectivity index (χ4v) is 5.76. The van der Waals surface area contributed by atoms with Gasteiger partial charge in [0.25, 0.3) is 9.84 Å². The Morgan fingerprint density at radius 1 is 0.844 bits per heavy atom. The molecule has 0 saturated heterocycles. The van der Waals surface area contributed by atoms with Gasteiger partial charge in [-0.3, -0.25) is 0 Å². The van der Waals surface area contributed by atoms with Crippen LogP contribution in [0.25, 0.3) is 5.57 Å². The molecular formula is C25H21F3O3S. The first-order valence-electron chi connectivity index (χ1n) is 9.97. The normalized spacial score (nSPS) is 19.0. The largest absolute Gasteiger partial charge is 0.507 e. The molecule has 0 heterocycles. The molecule has 4 rings (SSSR count). The molecular weight excluding hydrogens is 437 g/mol. The molecule has 0 amide bonds. The van der Waals surface area contributed by atoms with Gasteiger partial charge < -0.3 is 5.11 Å². The van der Waals surface area contributed by atoms with Gasteiger partial charge in [0, 0.05) is 6.42 Å². The van der Waals surface area contributed by atoms with Crippen molar-refractivity contribution in [2.45, 2.75) is 31.2 Å². The van der Waals surface area contributed by atoms with Gasteiger partial charge in [-0.15, -0.1) is 0 Å². The molecule has 3 aromatic rings. The summed E-state index contributed by atoms with van der Waals surface area (Å²) < 4.78 is 65.8. The van der Waals surface area contributed by atoms with Gasteiger partial charge in [0.2, 0.25) is 0 Å². The number of phenolic OH excluding ortho intramolecular Hbond substituents is 1. The number of allylic oxidation sites excluding steroid dienone is 2. The third-order valence-electron chi connectivity index (χ3n) is 6.07. The molecule has 3 aromatic carbocycles. The van der Waals surface area contributed by atoms with E-state index in [1.54, 1.807) is 86.6 Å². The summed E-state index contributed by atoms with van der Waals surface area (Å²) >= 11 is 0. The molecule has 1 atom stereocenters. The molecule has 0 radical (unpaired) electrons. The quantitative estimate of drug-likeness (QED) is 0.518. The molecule has 0 aliphatic heterocycles. The van der Waals surface area contributed by atoms with Crippen molar-refractivity contribution in [2.24, 2.45) is 0 Å². The summed E-state index contributed by atoms with van der Waals surface area (Å²) in [5.41, 5.74) is -3.53. The number of aromatic hydroxyl groups is 1. The monoisotopic (exact) mass is 458 g/mol. The Kier molecular flexibility index (Phi) is 5.20. The number of aryl methyl sites for hydroxylation is 2. The number of phenols is 1. The molecule has 1 N–H and O–H groups in total. The predicted octanol–water partition coefficient (Wildman–Crippen LogP) is 6.04. The van der Waals surface area contributed by atoms with Crippen molar-refractivity contribution in [2.75, 3.05) is 0 Å². The van der Waals surface area contributed by atoms with Crippen LogP contribution in [0.2, 0.25) is 0 Å². The van der Waals surface area contributed by atoms with Gasteiger partial charge in [-0.2, -0.15) is 13.2 Å². The highest BCUT2D eigenvalue weighted by atomic mass is 32.2. The van der Waals surface area contributed by atoms with E-state index >= 15 is 0 Å². The lowest BCUT2D eigenvalue weighted by Gasteiger charge is -2.47. The van der Waals surface area contributed by atoms with E-state index in [2.05, 4.69) is 0 Å². The van der Waals surface area contributed by atoms with Gasteiger partial charge >= 0.3 is 5.51 Å². The molecule has 166 valence electrons. The van der Waals surface area contributed by atoms with Crippen LogP contribution in [0.4, 0.5) is 13.2 Å². The van der Waals surface area contributed by atoms with E-state index in [9.17, 15) is 26.7 Å². The Morgan fingerprint density at radius 2 is 1.34 bits per heavy atom. The Hall–Kier alpha value is -3.06. The van der Waals surface area contributed by atoms with Gasteiger partial charge in [0.1, 0.15) is 5.75 Å². The van der Waals surface area contributed by atoms with Crippen molar-refractivity contribution in [3.05, 3.63) is 106 Å². The smallest absolute Gasteiger partial charge is 0.501 e. The topological polar surface area (TPSA) is 54.4 Å². The maximum Gasteiger partial charge on any atom is 0.501 e. The Balaban J connectivity index is 2.12. The highest BCUT2D eigenvalue weighted by Crippen LogP contribution is 2.60. The van der Waals surface area contributed by atoms with Crippen LogP contribution in [-0.2, 0) is 15.3 Å². The highest BCUT2D eigenvalue weighted by molar-refractivity contribution is 7.96. The molecule has 0 spiro atoms. The second kappa shape index (κ2) is 7.52. The third kappa shape index (κ3) is 3.23. The summed E-state index contributed by atoms with van der Waals surface area (Å²) in [5, 5.41) is 10.3. The minimum Gasteiger partial charge on any atom is -0.507 e. The van der Waals surface area contributed by atoms with Crippen molar-refractivity contribution in [1.29, 1.82) is 0 Å². The van der Waals surface area contributed by atoms with Crippen LogP contribution >= 0.6 is 0 Å². The van der Waals surface area contributed by atoms with Crippen LogP contribution in [0.5, 0.6) is 5.75 Å². The van der Waals surface area contributed by atoms with E-state index in [0.29, 0.717) is 27.8 Å². The summed E-state index contributed by atoms with van der Waals surface area (Å²) in [4.78, 5) is -0.622. The van der Waals surface area contributed by atoms with Gasteiger partial charge in [-0.05, 0) is 47.2 Å². The van der Waals surface area contributed by atoms with Gasteiger partial charge in [-0.25, -0.2) is 8.42 Å². The lowest BCUT2D eigenvalue weighted by atomic mass is 9.58. The van der Waals surface area contributed by atoms with E-state index in [1.165, 1.54) is 0 Å². The number of benzene rings is 3. The Morgan fingerprint density at radius 3 is 1.84 bits per heavy atom. The molecule has 0 fully saturated rings. The Labute approximate surface area is 184 Å². The maximum atomic E-state index is 13.6. The van der Waals surface area contributed by atoms with Crippen molar-refractivity contribution in [1.82, 2.24) is 0 Å². The molecule has 7 heteroatoms. The number of alkyl halides is 3. The van der Waals surface area contributed by atoms with Crippen molar-refractivity contribution >= 4 is 15.4 Å². The minimum absolute atomic E-state index is 0.102. The molecule has 3 nitrogen and oxygen atoms in total. The van der Waals surface area contributed by atoms with Crippen LogP contribution in [0.15, 0.2) is 77.7 Å². The van der Waals surface area contributed by atoms with Gasteiger partial charge in [0.15, 0.2) is 0 Å². The zero-order valence-electron chi connectivity index (χ0n) is 17.4. The Bertz CT molecular complexity index is 1290. The zero-order valence-corrected chi connectivity index (χ0v) is 18.3. The van der Waals surface area contributed by atoms with E-state index < -0.39 is 25.7 Å². The maximum absolute atomic E-state index is 13.6. The zero-order chi connectivity index (χ0) is 23.3. The molecule has 0 bridgehead atoms. The lowest BCUT2D eigenvalue weighted by Crippen LogP contribution is -2.43. The average molecular weight is 459 g/mol. The number of hydrogen-bond donors (Lipinski definition) is 1. The van der Waals surface area contributed by atoms with Crippen LogP contribution in [0, 0.1) is 13.8 Å². The number of sulfone groups is 1. The van der Waals surface area contributed by atoms with E-state index in [-0.39, 0.29) is 17.7 Å². The first-order valence-corrected chi connectivity index (χ1v) is 11.4. The summed E-state index contributed by atoms with van der Waals surface area (Å²) in [5.74, 6) is 0.102. The van der Waals surface area contributed by atoms with E-state index in [0.717, 1.165) is 0 Å². The fourth-order valence-electron chi connectivity index (χ4n) is 4.51. The van der Waals surface area contributed by atoms with Crippen molar-refractivity contribution in [3.63, 3.8) is 0 Å². The predicted molar refractivity (Wildman–Crippen MR) is 118 cm³/mol. The second-order valence-electron chi connectivity index (χ2n) is 8.02. The van der Waals surface area contributed by atoms with Gasteiger partial charge in [-0.1, -0.05) is 72.8 Å². The molecule has 1 unspecified atom stereocenters. The van der Waals surface area contributed by atoms with Crippen LogP contribution in [0.3, 0.4) is 0 Å². The molecule has 0 aromatic heterocycles. The average Bonchev–Trinajstić information content (AvgIpc) is 2.72. The molecule has 1 aliphatic rings. The standard InChI is InChI=1S/C25H21F3O3S/c1-16-13-20(14-17(2)23(16)29)24(19-11-7-4-8-12-19)15-21(32(30,31)25(26,27)28)22(24)18-9-5-3-6-10-18/h3-14,29H,15H2,1-2H3. The van der Waals surface area contributed by atoms with E-state index in [1.807, 2.05) is 0 Å². The first-order chi connectivity index (χ1) is 15.0. The van der Waals surface area contributed by atoms with Gasteiger partial charge in [0.05, 0.1) is 10.3 Å². The SMILES string of the molecule is Cc1cc(C2(c3ccccc3)CC(S(=O)(=O)C(F)(F)F)=C2c2ccccc2)cc(C)c1O. The lowest BCUT2D eigenvalue weighted by molar-refractivity contribution is -0.0428. The molecule has 1 aliphatic carbocycles. The van der Waals surface area contributed by atoms with Crippen LogP contribution in [-0.4, -0.2) is 19.0 Å². The summed E-state index contributed by atoms with van der Waals surface area (Å²) in [6.07, 6.45) is -0.327.